The molecule has 1 rings (SSSR count). The summed E-state index contributed by atoms with van der Waals surface area (Å²) in [5.74, 6) is -0.205. The average molecular weight is 429 g/mol. The quantitative estimate of drug-likeness (QED) is 0.259. The van der Waals surface area contributed by atoms with Gasteiger partial charge in [-0.05, 0) is 60.4 Å². The highest BCUT2D eigenvalue weighted by Gasteiger charge is 2.10. The van der Waals surface area contributed by atoms with Crippen LogP contribution < -0.4 is 0 Å². The average Bonchev–Trinajstić information content (AvgIpc) is 2.51. The number of rotatable bonds is 9. The monoisotopic (exact) mass is 429 g/mol. The molecule has 23 heavy (non-hydrogen) atoms. The van der Waals surface area contributed by atoms with E-state index in [1.54, 1.807) is 13.8 Å². The van der Waals surface area contributed by atoms with Crippen molar-refractivity contribution in [3.63, 3.8) is 0 Å². The Bertz CT molecular complexity index is 543. The molecule has 1 aromatic rings. The normalized spacial score (nSPS) is 10.7. The minimum Gasteiger partial charge on any atom is -0.463 e. The molecular formula is C18H24INO3. The van der Waals surface area contributed by atoms with Gasteiger partial charge >= 0.3 is 5.97 Å². The zero-order valence-corrected chi connectivity index (χ0v) is 15.9. The number of carbonyl (C=O) groups excluding carboxylic acids is 2. The summed E-state index contributed by atoms with van der Waals surface area (Å²) >= 11 is 2.30. The maximum absolute atomic E-state index is 11.8. The van der Waals surface area contributed by atoms with Crippen LogP contribution >= 0.6 is 22.6 Å². The van der Waals surface area contributed by atoms with Crippen LogP contribution in [-0.4, -0.2) is 29.9 Å². The van der Waals surface area contributed by atoms with Gasteiger partial charge in [-0.2, -0.15) is 0 Å². The number of hydrogen-bond acceptors (Lipinski definition) is 3. The molecule has 0 bridgehead atoms. The van der Waals surface area contributed by atoms with Crippen molar-refractivity contribution in [2.45, 2.75) is 39.7 Å². The van der Waals surface area contributed by atoms with Gasteiger partial charge in [0.25, 0.3) is 0 Å². The first-order valence-electron chi connectivity index (χ1n) is 7.86. The molecule has 0 fully saturated rings. The summed E-state index contributed by atoms with van der Waals surface area (Å²) in [4.78, 5) is 24.8. The molecule has 0 aliphatic carbocycles. The van der Waals surface area contributed by atoms with Crippen LogP contribution in [0.1, 0.15) is 38.7 Å². The van der Waals surface area contributed by atoms with Crippen LogP contribution in [0, 0.1) is 3.57 Å². The van der Waals surface area contributed by atoms with Crippen LogP contribution in [0.3, 0.4) is 0 Å². The lowest BCUT2D eigenvalue weighted by Gasteiger charge is -2.21. The summed E-state index contributed by atoms with van der Waals surface area (Å²) in [7, 11) is 0. The Morgan fingerprint density at radius 1 is 1.26 bits per heavy atom. The molecule has 0 aliphatic rings. The van der Waals surface area contributed by atoms with E-state index in [9.17, 15) is 9.59 Å². The Morgan fingerprint density at radius 2 is 2.00 bits per heavy atom. The summed E-state index contributed by atoms with van der Waals surface area (Å²) < 4.78 is 5.99. The van der Waals surface area contributed by atoms with Crippen molar-refractivity contribution < 1.29 is 14.3 Å². The highest BCUT2D eigenvalue weighted by Crippen LogP contribution is 2.14. The van der Waals surface area contributed by atoms with Crippen LogP contribution in [-0.2, 0) is 20.9 Å². The second-order valence-electron chi connectivity index (χ2n) is 5.18. The zero-order valence-electron chi connectivity index (χ0n) is 13.8. The number of allylic oxidation sites excluding steroid dienone is 1. The highest BCUT2D eigenvalue weighted by atomic mass is 127. The van der Waals surface area contributed by atoms with Gasteiger partial charge < -0.3 is 9.64 Å². The smallest absolute Gasteiger partial charge is 0.330 e. The molecule has 0 heterocycles. The Morgan fingerprint density at radius 3 is 2.65 bits per heavy atom. The number of amides is 1. The minimum atomic E-state index is -0.295. The number of hydrogen-bond donors (Lipinski definition) is 0. The maximum Gasteiger partial charge on any atom is 0.330 e. The molecule has 0 saturated carbocycles. The van der Waals surface area contributed by atoms with Gasteiger partial charge in [0.05, 0.1) is 6.61 Å². The van der Waals surface area contributed by atoms with E-state index in [-0.39, 0.29) is 11.9 Å². The Labute approximate surface area is 152 Å². The largest absolute Gasteiger partial charge is 0.463 e. The van der Waals surface area contributed by atoms with E-state index in [0.29, 0.717) is 13.2 Å². The molecule has 126 valence electrons. The minimum absolute atomic E-state index is 0.0896. The van der Waals surface area contributed by atoms with Crippen molar-refractivity contribution in [1.29, 1.82) is 0 Å². The molecule has 0 aromatic heterocycles. The summed E-state index contributed by atoms with van der Waals surface area (Å²) in [5, 5.41) is 0. The number of esters is 1. The molecule has 5 heteroatoms. The van der Waals surface area contributed by atoms with E-state index in [1.807, 2.05) is 29.2 Å². The van der Waals surface area contributed by atoms with E-state index in [4.69, 9.17) is 4.74 Å². The van der Waals surface area contributed by atoms with E-state index < -0.39 is 0 Å². The van der Waals surface area contributed by atoms with E-state index >= 15 is 0 Å². The lowest BCUT2D eigenvalue weighted by Crippen LogP contribution is -2.29. The van der Waals surface area contributed by atoms with Gasteiger partial charge in [-0.3, -0.25) is 4.79 Å². The molecule has 0 atom stereocenters. The lowest BCUT2D eigenvalue weighted by atomic mass is 10.2. The van der Waals surface area contributed by atoms with Crippen molar-refractivity contribution in [3.05, 3.63) is 45.6 Å². The number of benzene rings is 1. The maximum atomic E-state index is 11.8. The van der Waals surface area contributed by atoms with Gasteiger partial charge in [-0.15, -0.1) is 0 Å². The molecule has 4 nitrogen and oxygen atoms in total. The lowest BCUT2D eigenvalue weighted by molar-refractivity contribution is -0.137. The molecule has 0 spiro atoms. The highest BCUT2D eigenvalue weighted by molar-refractivity contribution is 14.1. The molecule has 0 aliphatic heterocycles. The van der Waals surface area contributed by atoms with Crippen molar-refractivity contribution in [1.82, 2.24) is 4.90 Å². The fraction of sp³-hybridized carbons (Fsp3) is 0.444. The second kappa shape index (κ2) is 11.2. The van der Waals surface area contributed by atoms with Gasteiger partial charge in [-0.1, -0.05) is 24.3 Å². The number of halogens is 1. The third-order valence-corrected chi connectivity index (χ3v) is 4.41. The number of unbranched alkanes of at least 4 members (excludes halogenated alkanes) is 2. The first-order chi connectivity index (χ1) is 11.0. The van der Waals surface area contributed by atoms with Crippen molar-refractivity contribution >= 4 is 34.5 Å². The van der Waals surface area contributed by atoms with Crippen molar-refractivity contribution in [2.24, 2.45) is 0 Å². The SMILES string of the molecule is CCOC(=O)/C=C/CCCCN(Cc1ccccc1I)C(C)=O. The van der Waals surface area contributed by atoms with E-state index in [1.165, 1.54) is 15.2 Å². The molecule has 0 saturated heterocycles. The molecule has 1 aromatic carbocycles. The first kappa shape index (κ1) is 19.7. The van der Waals surface area contributed by atoms with Gasteiger partial charge in [0.15, 0.2) is 0 Å². The predicted octanol–water partition coefficient (Wildman–Crippen LogP) is 3.93. The second-order valence-corrected chi connectivity index (χ2v) is 6.34. The molecule has 0 unspecified atom stereocenters. The first-order valence-corrected chi connectivity index (χ1v) is 8.94. The van der Waals surface area contributed by atoms with Crippen LogP contribution in [0.25, 0.3) is 0 Å². The fourth-order valence-corrected chi connectivity index (χ4v) is 2.67. The summed E-state index contributed by atoms with van der Waals surface area (Å²) in [6.45, 7) is 5.17. The predicted molar refractivity (Wildman–Crippen MR) is 99.9 cm³/mol. The van der Waals surface area contributed by atoms with E-state index in [0.717, 1.165) is 25.8 Å². The third-order valence-electron chi connectivity index (χ3n) is 3.35. The number of nitrogens with zero attached hydrogens (tertiary/aromatic N) is 1. The summed E-state index contributed by atoms with van der Waals surface area (Å²) in [6.07, 6.45) is 5.96. The van der Waals surface area contributed by atoms with Gasteiger partial charge in [0.1, 0.15) is 0 Å². The van der Waals surface area contributed by atoms with Crippen LogP contribution in [0.15, 0.2) is 36.4 Å². The van der Waals surface area contributed by atoms with Crippen LogP contribution in [0.4, 0.5) is 0 Å². The fourth-order valence-electron chi connectivity index (χ4n) is 2.11. The van der Waals surface area contributed by atoms with Crippen LogP contribution in [0.2, 0.25) is 0 Å². The van der Waals surface area contributed by atoms with Crippen molar-refractivity contribution in [3.8, 4) is 0 Å². The molecule has 0 radical (unpaired) electrons. The Kier molecular flexibility index (Phi) is 9.59. The summed E-state index contributed by atoms with van der Waals surface area (Å²) in [6, 6.07) is 8.10. The van der Waals surface area contributed by atoms with Crippen molar-refractivity contribution in [2.75, 3.05) is 13.2 Å². The van der Waals surface area contributed by atoms with Gasteiger partial charge in [0.2, 0.25) is 5.91 Å². The third kappa shape index (κ3) is 8.16. The number of carbonyl (C=O) groups is 2. The van der Waals surface area contributed by atoms with Crippen LogP contribution in [0.5, 0.6) is 0 Å². The number of ether oxygens (including phenoxy) is 1. The van der Waals surface area contributed by atoms with Gasteiger partial charge in [-0.25, -0.2) is 4.79 Å². The molecule has 0 N–H and O–H groups in total. The zero-order chi connectivity index (χ0) is 17.1. The standard InChI is InChI=1S/C18H24INO3/c1-3-23-18(22)12-6-4-5-9-13-20(15(2)21)14-16-10-7-8-11-17(16)19/h6-8,10-12H,3-5,9,13-14H2,1-2H3/b12-6+. The Balaban J connectivity index is 2.36. The Hall–Kier alpha value is -1.37. The van der Waals surface area contributed by atoms with E-state index in [2.05, 4.69) is 28.7 Å². The topological polar surface area (TPSA) is 46.6 Å². The summed E-state index contributed by atoms with van der Waals surface area (Å²) in [5.41, 5.74) is 1.17. The van der Waals surface area contributed by atoms with Gasteiger partial charge in [0, 0.05) is 29.7 Å². The molecule has 1 amide bonds. The molecular weight excluding hydrogens is 405 g/mol.